The van der Waals surface area contributed by atoms with Crippen LogP contribution < -0.4 is 5.32 Å². The number of hydrogen-bond donors (Lipinski definition) is 1. The molecule has 0 fully saturated rings. The molecule has 0 heterocycles. The Morgan fingerprint density at radius 1 is 1.00 bits per heavy atom. The van der Waals surface area contributed by atoms with Crippen molar-refractivity contribution in [3.63, 3.8) is 0 Å². The molecule has 0 unspecified atom stereocenters. The highest BCUT2D eigenvalue weighted by molar-refractivity contribution is 6.35. The third-order valence-corrected chi connectivity index (χ3v) is 3.37. The summed E-state index contributed by atoms with van der Waals surface area (Å²) >= 11 is 11.7. The molecule has 5 heteroatoms. The van der Waals surface area contributed by atoms with Gasteiger partial charge in [0, 0.05) is 27.4 Å². The van der Waals surface area contributed by atoms with Crippen LogP contribution in [-0.4, -0.2) is 11.7 Å². The first kappa shape index (κ1) is 16.3. The third-order valence-electron chi connectivity index (χ3n) is 2.94. The number of ketones is 1. The summed E-state index contributed by atoms with van der Waals surface area (Å²) in [5, 5.41) is 3.45. The number of carbonyl (C=O) groups is 2. The highest BCUT2D eigenvalue weighted by atomic mass is 35.5. The Balaban J connectivity index is 2.06. The number of halogens is 2. The van der Waals surface area contributed by atoms with Gasteiger partial charge in [0.25, 0.3) is 0 Å². The molecule has 0 spiro atoms. The molecule has 0 saturated heterocycles. The number of rotatable bonds is 4. The molecular weight excluding hydrogens is 321 g/mol. The van der Waals surface area contributed by atoms with Gasteiger partial charge >= 0.3 is 0 Å². The van der Waals surface area contributed by atoms with Crippen molar-refractivity contribution in [3.05, 3.63) is 75.8 Å². The molecule has 112 valence electrons. The van der Waals surface area contributed by atoms with Crippen LogP contribution >= 0.6 is 23.2 Å². The maximum atomic E-state index is 12.0. The van der Waals surface area contributed by atoms with E-state index in [2.05, 4.69) is 5.32 Å². The second kappa shape index (κ2) is 7.25. The summed E-state index contributed by atoms with van der Waals surface area (Å²) in [7, 11) is 0. The molecule has 0 saturated carbocycles. The zero-order valence-corrected chi connectivity index (χ0v) is 13.3. The van der Waals surface area contributed by atoms with Crippen molar-refractivity contribution in [2.75, 3.05) is 5.32 Å². The quantitative estimate of drug-likeness (QED) is 0.652. The van der Waals surface area contributed by atoms with Crippen molar-refractivity contribution in [1.29, 1.82) is 0 Å². The fraction of sp³-hybridized carbons (Fsp3) is 0.0588. The molecule has 0 bridgehead atoms. The highest BCUT2D eigenvalue weighted by Crippen LogP contribution is 2.19. The zero-order chi connectivity index (χ0) is 16.1. The number of para-hydroxylation sites is 1. The molecule has 0 aromatic heterocycles. The monoisotopic (exact) mass is 333 g/mol. The number of hydrogen-bond acceptors (Lipinski definition) is 2. The summed E-state index contributed by atoms with van der Waals surface area (Å²) < 4.78 is 0. The van der Waals surface area contributed by atoms with Crippen LogP contribution in [0.3, 0.4) is 0 Å². The SMILES string of the molecule is Cc1ccccc1NC(=O)C=CC(=O)c1cc(Cl)cc(Cl)c1. The summed E-state index contributed by atoms with van der Waals surface area (Å²) in [6, 6.07) is 11.9. The number of aryl methyl sites for hydroxylation is 1. The first-order valence-electron chi connectivity index (χ1n) is 6.51. The standard InChI is InChI=1S/C17H13Cl2NO2/c1-11-4-2-3-5-15(11)20-17(22)7-6-16(21)12-8-13(18)10-14(19)9-12/h2-10H,1H3,(H,20,22). The largest absolute Gasteiger partial charge is 0.322 e. The Morgan fingerprint density at radius 3 is 2.27 bits per heavy atom. The lowest BCUT2D eigenvalue weighted by molar-refractivity contribution is -0.111. The van der Waals surface area contributed by atoms with Gasteiger partial charge in [0.15, 0.2) is 5.78 Å². The Bertz CT molecular complexity index is 734. The van der Waals surface area contributed by atoms with Gasteiger partial charge in [-0.1, -0.05) is 41.4 Å². The predicted molar refractivity (Wildman–Crippen MR) is 89.7 cm³/mol. The lowest BCUT2D eigenvalue weighted by Crippen LogP contribution is -2.09. The van der Waals surface area contributed by atoms with Gasteiger partial charge in [-0.3, -0.25) is 9.59 Å². The van der Waals surface area contributed by atoms with Gasteiger partial charge in [0.1, 0.15) is 0 Å². The second-order valence-corrected chi connectivity index (χ2v) is 5.53. The van der Waals surface area contributed by atoms with Crippen molar-refractivity contribution < 1.29 is 9.59 Å². The minimum Gasteiger partial charge on any atom is -0.322 e. The number of allylic oxidation sites excluding steroid dienone is 1. The smallest absolute Gasteiger partial charge is 0.248 e. The predicted octanol–water partition coefficient (Wildman–Crippen LogP) is 4.68. The Morgan fingerprint density at radius 2 is 1.64 bits per heavy atom. The molecule has 0 atom stereocenters. The molecule has 0 aliphatic rings. The Labute approximate surface area is 138 Å². The fourth-order valence-electron chi connectivity index (χ4n) is 1.83. The number of nitrogens with one attached hydrogen (secondary N) is 1. The van der Waals surface area contributed by atoms with Crippen LogP contribution in [0.25, 0.3) is 0 Å². The summed E-state index contributed by atoms with van der Waals surface area (Å²) in [5.74, 6) is -0.722. The van der Waals surface area contributed by atoms with E-state index < -0.39 is 0 Å². The van der Waals surface area contributed by atoms with E-state index in [1.807, 2.05) is 25.1 Å². The Kier molecular flexibility index (Phi) is 5.36. The molecule has 0 radical (unpaired) electrons. The van der Waals surface area contributed by atoms with Crippen LogP contribution in [-0.2, 0) is 4.79 Å². The summed E-state index contributed by atoms with van der Waals surface area (Å²) in [6.45, 7) is 1.89. The van der Waals surface area contributed by atoms with E-state index in [0.29, 0.717) is 21.3 Å². The summed E-state index contributed by atoms with van der Waals surface area (Å²) in [6.07, 6.45) is 2.37. The molecular formula is C17H13Cl2NO2. The van der Waals surface area contributed by atoms with E-state index in [1.54, 1.807) is 6.07 Å². The van der Waals surface area contributed by atoms with E-state index in [1.165, 1.54) is 30.4 Å². The average molecular weight is 334 g/mol. The van der Waals surface area contributed by atoms with Gasteiger partial charge < -0.3 is 5.32 Å². The first-order valence-corrected chi connectivity index (χ1v) is 7.26. The van der Waals surface area contributed by atoms with Gasteiger partial charge in [-0.25, -0.2) is 0 Å². The summed E-state index contributed by atoms with van der Waals surface area (Å²) in [4.78, 5) is 23.8. The van der Waals surface area contributed by atoms with E-state index >= 15 is 0 Å². The van der Waals surface area contributed by atoms with E-state index in [-0.39, 0.29) is 11.7 Å². The van der Waals surface area contributed by atoms with Crippen LogP contribution in [0, 0.1) is 6.92 Å². The van der Waals surface area contributed by atoms with Crippen molar-refractivity contribution in [2.45, 2.75) is 6.92 Å². The molecule has 2 rings (SSSR count). The molecule has 2 aromatic rings. The molecule has 22 heavy (non-hydrogen) atoms. The molecule has 1 N–H and O–H groups in total. The van der Waals surface area contributed by atoms with Gasteiger partial charge in [0.2, 0.25) is 5.91 Å². The number of carbonyl (C=O) groups excluding carboxylic acids is 2. The lowest BCUT2D eigenvalue weighted by Gasteiger charge is -2.05. The maximum Gasteiger partial charge on any atom is 0.248 e. The van der Waals surface area contributed by atoms with Crippen LogP contribution in [0.1, 0.15) is 15.9 Å². The topological polar surface area (TPSA) is 46.2 Å². The van der Waals surface area contributed by atoms with Crippen molar-refractivity contribution >= 4 is 40.6 Å². The second-order valence-electron chi connectivity index (χ2n) is 4.66. The van der Waals surface area contributed by atoms with Crippen molar-refractivity contribution in [2.24, 2.45) is 0 Å². The van der Waals surface area contributed by atoms with Crippen LogP contribution in [0.15, 0.2) is 54.6 Å². The zero-order valence-electron chi connectivity index (χ0n) is 11.8. The van der Waals surface area contributed by atoms with Gasteiger partial charge in [-0.2, -0.15) is 0 Å². The van der Waals surface area contributed by atoms with Crippen LogP contribution in [0.4, 0.5) is 5.69 Å². The van der Waals surface area contributed by atoms with Gasteiger partial charge in [-0.15, -0.1) is 0 Å². The first-order chi connectivity index (χ1) is 10.5. The van der Waals surface area contributed by atoms with E-state index in [4.69, 9.17) is 23.2 Å². The van der Waals surface area contributed by atoms with Crippen molar-refractivity contribution in [3.8, 4) is 0 Å². The minimum absolute atomic E-state index is 0.331. The molecule has 1 amide bonds. The highest BCUT2D eigenvalue weighted by Gasteiger charge is 2.06. The van der Waals surface area contributed by atoms with E-state index in [0.717, 1.165) is 5.56 Å². The normalized spacial score (nSPS) is 10.7. The van der Waals surface area contributed by atoms with Crippen molar-refractivity contribution in [1.82, 2.24) is 0 Å². The average Bonchev–Trinajstić information content (AvgIpc) is 2.46. The molecule has 0 aliphatic carbocycles. The maximum absolute atomic E-state index is 12.0. The fourth-order valence-corrected chi connectivity index (χ4v) is 2.36. The van der Waals surface area contributed by atoms with Gasteiger partial charge in [0.05, 0.1) is 0 Å². The van der Waals surface area contributed by atoms with Gasteiger partial charge in [-0.05, 0) is 42.8 Å². The van der Waals surface area contributed by atoms with E-state index in [9.17, 15) is 9.59 Å². The Hall–Kier alpha value is -2.10. The van der Waals surface area contributed by atoms with Crippen LogP contribution in [0.5, 0.6) is 0 Å². The third kappa shape index (κ3) is 4.45. The number of benzene rings is 2. The lowest BCUT2D eigenvalue weighted by atomic mass is 10.1. The molecule has 2 aromatic carbocycles. The number of amides is 1. The molecule has 0 aliphatic heterocycles. The number of anilines is 1. The minimum atomic E-state index is -0.379. The van der Waals surface area contributed by atoms with Crippen LogP contribution in [0.2, 0.25) is 10.0 Å². The molecule has 3 nitrogen and oxygen atoms in total. The summed E-state index contributed by atoms with van der Waals surface area (Å²) in [5.41, 5.74) is 1.98.